The number of hydrogen-bond acceptors (Lipinski definition) is 4. The molecule has 2 aromatic carbocycles. The summed E-state index contributed by atoms with van der Waals surface area (Å²) < 4.78 is 0. The van der Waals surface area contributed by atoms with E-state index in [1.165, 1.54) is 17.3 Å². The molecule has 2 aromatic heterocycles. The van der Waals surface area contributed by atoms with Gasteiger partial charge in [-0.15, -0.1) is 5.10 Å². The van der Waals surface area contributed by atoms with E-state index in [2.05, 4.69) is 39.2 Å². The minimum Gasteiger partial charge on any atom is -0.358 e. The summed E-state index contributed by atoms with van der Waals surface area (Å²) >= 11 is 1.35. The average Bonchev–Trinajstić information content (AvgIpc) is 3.30. The van der Waals surface area contributed by atoms with Gasteiger partial charge in [0.1, 0.15) is 0 Å². The van der Waals surface area contributed by atoms with Gasteiger partial charge < -0.3 is 4.98 Å². The van der Waals surface area contributed by atoms with Gasteiger partial charge in [-0.2, -0.15) is 0 Å². The number of fused-ring (bicyclic) bond motifs is 1. The molecule has 27 heavy (non-hydrogen) atoms. The second-order valence-corrected chi connectivity index (χ2v) is 7.34. The molecular formula is C21H20N4OS. The van der Waals surface area contributed by atoms with Gasteiger partial charge in [-0.3, -0.25) is 9.89 Å². The van der Waals surface area contributed by atoms with Gasteiger partial charge in [0.2, 0.25) is 5.16 Å². The fourth-order valence-electron chi connectivity index (χ4n) is 3.18. The predicted octanol–water partition coefficient (Wildman–Crippen LogP) is 4.80. The highest BCUT2D eigenvalue weighted by molar-refractivity contribution is 7.99. The van der Waals surface area contributed by atoms with E-state index in [0.29, 0.717) is 10.9 Å². The summed E-state index contributed by atoms with van der Waals surface area (Å²) in [5.41, 5.74) is 4.91. The zero-order chi connectivity index (χ0) is 18.8. The summed E-state index contributed by atoms with van der Waals surface area (Å²) in [6.07, 6.45) is 1.01. The Morgan fingerprint density at radius 3 is 2.67 bits per heavy atom. The van der Waals surface area contributed by atoms with Gasteiger partial charge in [0.05, 0.1) is 5.75 Å². The van der Waals surface area contributed by atoms with Crippen molar-refractivity contribution in [1.29, 1.82) is 0 Å². The zero-order valence-corrected chi connectivity index (χ0v) is 16.1. The molecule has 2 heterocycles. The van der Waals surface area contributed by atoms with E-state index in [0.717, 1.165) is 40.0 Å². The lowest BCUT2D eigenvalue weighted by Gasteiger charge is -2.00. The van der Waals surface area contributed by atoms with E-state index in [1.54, 1.807) is 0 Å². The second kappa shape index (κ2) is 7.40. The summed E-state index contributed by atoms with van der Waals surface area (Å²) in [5, 5.41) is 8.74. The SMILES string of the molecule is CCc1ccc(-c2nc(SCC(=O)c3c(C)[nH]c4ccccc34)n[nH]2)cc1. The van der Waals surface area contributed by atoms with Crippen molar-refractivity contribution < 1.29 is 4.79 Å². The molecule has 0 saturated heterocycles. The summed E-state index contributed by atoms with van der Waals surface area (Å²) in [5.74, 6) is 1.10. The Balaban J connectivity index is 1.48. The van der Waals surface area contributed by atoms with Gasteiger partial charge >= 0.3 is 0 Å². The molecule has 0 fully saturated rings. The lowest BCUT2D eigenvalue weighted by atomic mass is 10.1. The van der Waals surface area contributed by atoms with Crippen LogP contribution in [0.3, 0.4) is 0 Å². The quantitative estimate of drug-likeness (QED) is 0.374. The van der Waals surface area contributed by atoms with Gasteiger partial charge in [0.25, 0.3) is 0 Å². The Morgan fingerprint density at radius 1 is 1.11 bits per heavy atom. The van der Waals surface area contributed by atoms with Crippen LogP contribution in [-0.2, 0) is 6.42 Å². The van der Waals surface area contributed by atoms with Crippen molar-refractivity contribution in [3.63, 3.8) is 0 Å². The maximum atomic E-state index is 12.8. The van der Waals surface area contributed by atoms with Crippen LogP contribution in [-0.4, -0.2) is 31.7 Å². The monoisotopic (exact) mass is 376 g/mol. The number of carbonyl (C=O) groups is 1. The molecule has 4 rings (SSSR count). The van der Waals surface area contributed by atoms with E-state index < -0.39 is 0 Å². The van der Waals surface area contributed by atoms with Crippen LogP contribution in [0.4, 0.5) is 0 Å². The maximum absolute atomic E-state index is 12.8. The number of rotatable bonds is 6. The van der Waals surface area contributed by atoms with E-state index in [4.69, 9.17) is 0 Å². The molecule has 0 amide bonds. The number of H-pyrrole nitrogens is 2. The van der Waals surface area contributed by atoms with Gasteiger partial charge in [-0.05, 0) is 25.0 Å². The summed E-state index contributed by atoms with van der Waals surface area (Å²) in [6, 6.07) is 16.1. The van der Waals surface area contributed by atoms with Crippen LogP contribution < -0.4 is 0 Å². The Bertz CT molecular complexity index is 1100. The second-order valence-electron chi connectivity index (χ2n) is 6.40. The van der Waals surface area contributed by atoms with E-state index in [9.17, 15) is 4.79 Å². The Kier molecular flexibility index (Phi) is 4.81. The molecule has 0 bridgehead atoms. The third-order valence-corrected chi connectivity index (χ3v) is 5.45. The maximum Gasteiger partial charge on any atom is 0.209 e. The van der Waals surface area contributed by atoms with Crippen LogP contribution in [0.1, 0.15) is 28.5 Å². The number of hydrogen-bond donors (Lipinski definition) is 2. The number of nitrogens with zero attached hydrogens (tertiary/aromatic N) is 2. The number of Topliss-reactive ketones (excluding diaryl/α,β-unsaturated/α-hetero) is 1. The van der Waals surface area contributed by atoms with Crippen LogP contribution in [0.15, 0.2) is 53.7 Å². The fraction of sp³-hybridized carbons (Fsp3) is 0.190. The number of aromatic amines is 2. The van der Waals surface area contributed by atoms with E-state index >= 15 is 0 Å². The summed E-state index contributed by atoms with van der Waals surface area (Å²) in [6.45, 7) is 4.06. The number of aromatic nitrogens is 4. The fourth-order valence-corrected chi connectivity index (χ4v) is 3.85. The smallest absolute Gasteiger partial charge is 0.209 e. The molecule has 136 valence electrons. The molecule has 0 aliphatic rings. The first kappa shape index (κ1) is 17.5. The number of aryl methyl sites for hydroxylation is 2. The average molecular weight is 376 g/mol. The standard InChI is InChI=1S/C21H20N4OS/c1-3-14-8-10-15(11-9-14)20-23-21(25-24-20)27-12-18(26)19-13(2)22-17-7-5-4-6-16(17)19/h4-11,22H,3,12H2,1-2H3,(H,23,24,25). The Hall–Kier alpha value is -2.86. The molecule has 0 aliphatic carbocycles. The highest BCUT2D eigenvalue weighted by Crippen LogP contribution is 2.25. The third kappa shape index (κ3) is 3.53. The normalized spacial score (nSPS) is 11.2. The Labute approximate surface area is 161 Å². The molecule has 0 radical (unpaired) electrons. The zero-order valence-electron chi connectivity index (χ0n) is 15.2. The lowest BCUT2D eigenvalue weighted by molar-refractivity contribution is 0.102. The first-order chi connectivity index (χ1) is 13.2. The number of carbonyl (C=O) groups excluding carboxylic acids is 1. The van der Waals surface area contributed by atoms with E-state index in [-0.39, 0.29) is 5.78 Å². The number of thioether (sulfide) groups is 1. The number of ketones is 1. The van der Waals surface area contributed by atoms with Crippen LogP contribution in [0.25, 0.3) is 22.3 Å². The largest absolute Gasteiger partial charge is 0.358 e. The molecule has 5 nitrogen and oxygen atoms in total. The molecule has 4 aromatic rings. The minimum absolute atomic E-state index is 0.0774. The van der Waals surface area contributed by atoms with Gasteiger partial charge in [-0.25, -0.2) is 4.98 Å². The molecule has 0 aliphatic heterocycles. The van der Waals surface area contributed by atoms with Gasteiger partial charge in [0, 0.05) is 27.7 Å². The molecule has 0 saturated carbocycles. The highest BCUT2D eigenvalue weighted by Gasteiger charge is 2.17. The summed E-state index contributed by atoms with van der Waals surface area (Å²) in [4.78, 5) is 20.5. The van der Waals surface area contributed by atoms with Crippen molar-refractivity contribution in [1.82, 2.24) is 20.2 Å². The predicted molar refractivity (Wildman–Crippen MR) is 109 cm³/mol. The van der Waals surface area contributed by atoms with Crippen LogP contribution in [0.5, 0.6) is 0 Å². The van der Waals surface area contributed by atoms with Crippen LogP contribution >= 0.6 is 11.8 Å². The molecule has 6 heteroatoms. The third-order valence-electron chi connectivity index (χ3n) is 4.61. The van der Waals surface area contributed by atoms with E-state index in [1.807, 2.05) is 43.3 Å². The first-order valence-electron chi connectivity index (χ1n) is 8.90. The number of benzene rings is 2. The Morgan fingerprint density at radius 2 is 1.89 bits per heavy atom. The number of para-hydroxylation sites is 1. The van der Waals surface area contributed by atoms with Gasteiger partial charge in [-0.1, -0.05) is 61.2 Å². The minimum atomic E-state index is 0.0774. The topological polar surface area (TPSA) is 74.4 Å². The highest BCUT2D eigenvalue weighted by atomic mass is 32.2. The van der Waals surface area contributed by atoms with Crippen molar-refractivity contribution in [3.8, 4) is 11.4 Å². The van der Waals surface area contributed by atoms with Crippen molar-refractivity contribution in [2.45, 2.75) is 25.4 Å². The molecule has 0 spiro atoms. The molecular weight excluding hydrogens is 356 g/mol. The van der Waals surface area contributed by atoms with Crippen molar-refractivity contribution in [2.24, 2.45) is 0 Å². The van der Waals surface area contributed by atoms with Gasteiger partial charge in [0.15, 0.2) is 11.6 Å². The molecule has 0 atom stereocenters. The molecule has 2 N–H and O–H groups in total. The number of nitrogens with one attached hydrogen (secondary N) is 2. The van der Waals surface area contributed by atoms with Crippen LogP contribution in [0.2, 0.25) is 0 Å². The van der Waals surface area contributed by atoms with Crippen LogP contribution in [0, 0.1) is 6.92 Å². The molecule has 0 unspecified atom stereocenters. The van der Waals surface area contributed by atoms with Crippen molar-refractivity contribution in [2.75, 3.05) is 5.75 Å². The first-order valence-corrected chi connectivity index (χ1v) is 9.89. The van der Waals surface area contributed by atoms with Crippen molar-refractivity contribution >= 4 is 28.4 Å². The summed E-state index contributed by atoms with van der Waals surface area (Å²) in [7, 11) is 0. The van der Waals surface area contributed by atoms with Crippen molar-refractivity contribution in [3.05, 3.63) is 65.4 Å². The lowest BCUT2D eigenvalue weighted by Crippen LogP contribution is -2.03.